The first-order chi connectivity index (χ1) is 20.9. The minimum absolute atomic E-state index is 0.00503. The summed E-state index contributed by atoms with van der Waals surface area (Å²) in [6, 6.07) is 51.0. The minimum atomic E-state index is -2.46. The highest BCUT2D eigenvalue weighted by Gasteiger charge is 2.50. The molecule has 0 N–H and O–H groups in total. The van der Waals surface area contributed by atoms with E-state index in [2.05, 4.69) is 191 Å². The number of hydrogen-bond acceptors (Lipinski definition) is 1. The summed E-state index contributed by atoms with van der Waals surface area (Å²) in [6.45, 7) is 14.3. The van der Waals surface area contributed by atoms with Gasteiger partial charge in [-0.25, -0.2) is 0 Å². The summed E-state index contributed by atoms with van der Waals surface area (Å²) in [6.07, 6.45) is 0. The van der Waals surface area contributed by atoms with Crippen LogP contribution in [0.3, 0.4) is 0 Å². The smallest absolute Gasteiger partial charge is 0.261 e. The van der Waals surface area contributed by atoms with Crippen molar-refractivity contribution in [2.45, 2.75) is 58.2 Å². The van der Waals surface area contributed by atoms with Crippen molar-refractivity contribution in [2.24, 2.45) is 0 Å². The summed E-state index contributed by atoms with van der Waals surface area (Å²) in [7, 11) is -4.69. The summed E-state index contributed by atoms with van der Waals surface area (Å²) in [4.78, 5) is 0. The highest BCUT2D eigenvalue weighted by Crippen LogP contribution is 2.39. The van der Waals surface area contributed by atoms with Gasteiger partial charge in [-0.1, -0.05) is 191 Å². The highest BCUT2D eigenvalue weighted by molar-refractivity contribution is 9.10. The molecule has 5 aromatic carbocycles. The van der Waals surface area contributed by atoms with Gasteiger partial charge in [0.2, 0.25) is 7.38 Å². The lowest BCUT2D eigenvalue weighted by atomic mass is 10.2. The van der Waals surface area contributed by atoms with Crippen molar-refractivity contribution >= 4 is 63.5 Å². The van der Waals surface area contributed by atoms with Gasteiger partial charge in [0.15, 0.2) is 0 Å². The molecule has 0 atom stereocenters. The molecule has 5 aromatic rings. The Labute approximate surface area is 280 Å². The summed E-state index contributed by atoms with van der Waals surface area (Å²) in [5.74, 6) is 0. The van der Waals surface area contributed by atoms with Gasteiger partial charge in [0.25, 0.3) is 8.32 Å². The van der Waals surface area contributed by atoms with Crippen molar-refractivity contribution in [3.63, 3.8) is 0 Å². The summed E-state index contributed by atoms with van der Waals surface area (Å²) >= 11 is 10.7. The normalized spacial score (nSPS) is 12.3. The van der Waals surface area contributed by atoms with Crippen LogP contribution in [0.25, 0.3) is 0 Å². The van der Waals surface area contributed by atoms with E-state index in [9.17, 15) is 0 Å². The molecule has 0 spiro atoms. The van der Waals surface area contributed by atoms with Crippen LogP contribution in [-0.4, -0.2) is 15.7 Å². The van der Waals surface area contributed by atoms with Gasteiger partial charge < -0.3 is 4.43 Å². The Morgan fingerprint density at radius 1 is 0.500 bits per heavy atom. The van der Waals surface area contributed by atoms with Crippen molar-refractivity contribution in [1.82, 2.24) is 0 Å². The monoisotopic (exact) mass is 698 g/mol. The zero-order chi connectivity index (χ0) is 31.8. The van der Waals surface area contributed by atoms with Crippen LogP contribution in [0.15, 0.2) is 150 Å². The average Bonchev–Trinajstić information content (AvgIpc) is 3.03. The van der Waals surface area contributed by atoms with E-state index in [0.29, 0.717) is 6.61 Å². The molecule has 0 aromatic heterocycles. The topological polar surface area (TPSA) is 9.23 Å². The molecule has 0 saturated carbocycles. The molecule has 5 rings (SSSR count). The van der Waals surface area contributed by atoms with Crippen LogP contribution in [0, 0.1) is 0 Å². The second-order valence-corrected chi connectivity index (χ2v) is 24.1. The van der Waals surface area contributed by atoms with Crippen LogP contribution in [0.4, 0.5) is 0 Å². The van der Waals surface area contributed by atoms with Crippen LogP contribution >= 0.6 is 27.0 Å². The van der Waals surface area contributed by atoms with Crippen molar-refractivity contribution < 1.29 is 4.43 Å². The maximum atomic E-state index is 7.21. The van der Waals surface area contributed by atoms with E-state index in [-0.39, 0.29) is 10.1 Å². The standard InChI is InChI=1S/C23H25BrOSi.C16H19ClSi/c1-23(2,3)26(21-10-6-4-7-11-21,22-12-8-5-9-13-22)25-18-19-14-16-20(24)17-15-19;1-16(2,3)18(17,14-10-6-4-7-11-14)15-12-8-5-9-13-15/h4-17H,18H2,1-3H3;4-13H,1-3H3. The Hall–Kier alpha value is -2.74. The van der Waals surface area contributed by atoms with E-state index in [1.54, 1.807) is 0 Å². The fourth-order valence-electron chi connectivity index (χ4n) is 5.90. The van der Waals surface area contributed by atoms with E-state index >= 15 is 0 Å². The zero-order valence-electron chi connectivity index (χ0n) is 26.7. The maximum Gasteiger partial charge on any atom is 0.261 e. The van der Waals surface area contributed by atoms with Crippen molar-refractivity contribution in [1.29, 1.82) is 0 Å². The van der Waals surface area contributed by atoms with Crippen LogP contribution in [0.5, 0.6) is 0 Å². The Morgan fingerprint density at radius 3 is 1.16 bits per heavy atom. The molecule has 0 unspecified atom stereocenters. The van der Waals surface area contributed by atoms with Crippen LogP contribution < -0.4 is 20.7 Å². The molecule has 0 radical (unpaired) electrons. The zero-order valence-corrected chi connectivity index (χ0v) is 31.1. The number of halogens is 2. The molecule has 1 nitrogen and oxygen atoms in total. The molecule has 0 aliphatic rings. The van der Waals surface area contributed by atoms with Crippen LogP contribution in [0.1, 0.15) is 47.1 Å². The van der Waals surface area contributed by atoms with Crippen molar-refractivity contribution in [2.75, 3.05) is 0 Å². The number of benzene rings is 5. The van der Waals surface area contributed by atoms with E-state index in [1.807, 2.05) is 12.1 Å². The predicted octanol–water partition coefficient (Wildman–Crippen LogP) is 9.31. The number of hydrogen-bond donors (Lipinski definition) is 0. The Balaban J connectivity index is 0.000000215. The molecular formula is C39H44BrClOSi2. The molecule has 0 heterocycles. The van der Waals surface area contributed by atoms with Gasteiger partial charge in [0, 0.05) is 4.47 Å². The Bertz CT molecular complexity index is 1490. The highest BCUT2D eigenvalue weighted by atomic mass is 79.9. The third-order valence-electron chi connectivity index (χ3n) is 8.16. The molecular weight excluding hydrogens is 656 g/mol. The van der Waals surface area contributed by atoms with Gasteiger partial charge in [-0.05, 0) is 48.5 Å². The molecule has 228 valence electrons. The van der Waals surface area contributed by atoms with E-state index < -0.39 is 15.7 Å². The number of rotatable bonds is 7. The SMILES string of the molecule is CC(C)(C)[Si](Cl)(c1ccccc1)c1ccccc1.CC(C)(C)[Si](OCc1ccc(Br)cc1)(c1ccccc1)c1ccccc1. The van der Waals surface area contributed by atoms with Crippen LogP contribution in [-0.2, 0) is 11.0 Å². The molecule has 0 amide bonds. The molecule has 44 heavy (non-hydrogen) atoms. The summed E-state index contributed by atoms with van der Waals surface area (Å²) in [5, 5.41) is 5.27. The molecule has 0 fully saturated rings. The van der Waals surface area contributed by atoms with Gasteiger partial charge in [-0.15, -0.1) is 0 Å². The maximum absolute atomic E-state index is 7.21. The van der Waals surface area contributed by atoms with E-state index in [0.717, 1.165) is 4.47 Å². The third-order valence-corrected chi connectivity index (χ3v) is 21.0. The molecule has 0 aliphatic carbocycles. The fourth-order valence-corrected chi connectivity index (χ4v) is 14.8. The third kappa shape index (κ3) is 7.55. The first-order valence-electron chi connectivity index (χ1n) is 15.2. The Kier molecular flexibility index (Phi) is 11.3. The fraction of sp³-hybridized carbons (Fsp3) is 0.231. The summed E-state index contributed by atoms with van der Waals surface area (Å²) in [5.41, 5.74) is 1.20. The Morgan fingerprint density at radius 2 is 0.841 bits per heavy atom. The van der Waals surface area contributed by atoms with Crippen molar-refractivity contribution in [3.05, 3.63) is 156 Å². The lowest BCUT2D eigenvalue weighted by Crippen LogP contribution is -2.66. The minimum Gasteiger partial charge on any atom is -0.403 e. The van der Waals surface area contributed by atoms with Gasteiger partial charge in [-0.2, -0.15) is 11.1 Å². The largest absolute Gasteiger partial charge is 0.403 e. The second kappa shape index (κ2) is 14.6. The summed E-state index contributed by atoms with van der Waals surface area (Å²) < 4.78 is 8.01. The van der Waals surface area contributed by atoms with Gasteiger partial charge >= 0.3 is 0 Å². The average molecular weight is 700 g/mol. The van der Waals surface area contributed by atoms with Gasteiger partial charge in [-0.3, -0.25) is 0 Å². The van der Waals surface area contributed by atoms with Gasteiger partial charge in [0.1, 0.15) is 0 Å². The molecule has 5 heteroatoms. The second-order valence-electron chi connectivity index (χ2n) is 13.2. The lowest BCUT2D eigenvalue weighted by Gasteiger charge is -2.43. The molecule has 0 aliphatic heterocycles. The van der Waals surface area contributed by atoms with E-state index in [1.165, 1.54) is 26.3 Å². The lowest BCUT2D eigenvalue weighted by molar-refractivity contribution is 0.286. The first-order valence-corrected chi connectivity index (χ1v) is 20.9. The molecule has 0 bridgehead atoms. The first kappa shape index (κ1) is 34.1. The van der Waals surface area contributed by atoms with Gasteiger partial charge in [0.05, 0.1) is 6.61 Å². The van der Waals surface area contributed by atoms with Crippen molar-refractivity contribution in [3.8, 4) is 0 Å². The predicted molar refractivity (Wildman–Crippen MR) is 200 cm³/mol. The van der Waals surface area contributed by atoms with Crippen LogP contribution in [0.2, 0.25) is 10.1 Å². The molecule has 0 saturated heterocycles. The van der Waals surface area contributed by atoms with E-state index in [4.69, 9.17) is 15.5 Å². The quantitative estimate of drug-likeness (QED) is 0.122.